The molecule has 1 aromatic heterocycles. The van der Waals surface area contributed by atoms with E-state index in [1.807, 2.05) is 31.3 Å². The molecule has 0 aliphatic carbocycles. The highest BCUT2D eigenvalue weighted by Crippen LogP contribution is 2.20. The highest BCUT2D eigenvalue weighted by Gasteiger charge is 2.10. The van der Waals surface area contributed by atoms with Crippen molar-refractivity contribution in [2.24, 2.45) is 0 Å². The van der Waals surface area contributed by atoms with Crippen LogP contribution in [0.15, 0.2) is 30.5 Å². The van der Waals surface area contributed by atoms with Crippen LogP contribution in [0.25, 0.3) is 0 Å². The third kappa shape index (κ3) is 3.12. The summed E-state index contributed by atoms with van der Waals surface area (Å²) < 4.78 is 0. The number of rotatable bonds is 5. The van der Waals surface area contributed by atoms with E-state index in [2.05, 4.69) is 28.5 Å². The van der Waals surface area contributed by atoms with Gasteiger partial charge in [-0.2, -0.15) is 5.10 Å². The number of benzene rings is 1. The second kappa shape index (κ2) is 6.03. The van der Waals surface area contributed by atoms with Crippen LogP contribution in [0.5, 0.6) is 0 Å². The first-order valence-electron chi connectivity index (χ1n) is 6.18. The molecule has 4 heteroatoms. The molecule has 0 spiro atoms. The molecule has 0 radical (unpaired) electrons. The first-order valence-corrected chi connectivity index (χ1v) is 6.56. The number of hydrogen-bond acceptors (Lipinski definition) is 2. The first-order chi connectivity index (χ1) is 8.70. The molecule has 0 bridgehead atoms. The summed E-state index contributed by atoms with van der Waals surface area (Å²) in [5.41, 5.74) is 3.55. The Kier molecular flexibility index (Phi) is 4.39. The highest BCUT2D eigenvalue weighted by molar-refractivity contribution is 6.30. The standard InChI is InChI=1S/C14H18ClN3/c1-3-14(11-5-4-6-13(15)7-11)16-8-12-9-17-18-10(12)2/h4-7,9,14,16H,3,8H2,1-2H3,(H,17,18). The molecule has 0 aliphatic rings. The summed E-state index contributed by atoms with van der Waals surface area (Å²) in [6.45, 7) is 5.01. The molecule has 0 amide bonds. The molecular formula is C14H18ClN3. The van der Waals surface area contributed by atoms with Gasteiger partial charge in [0.25, 0.3) is 0 Å². The molecule has 2 rings (SSSR count). The van der Waals surface area contributed by atoms with E-state index >= 15 is 0 Å². The van der Waals surface area contributed by atoms with Crippen LogP contribution in [0.3, 0.4) is 0 Å². The molecule has 1 heterocycles. The largest absolute Gasteiger partial charge is 0.306 e. The van der Waals surface area contributed by atoms with Crippen LogP contribution in [0.1, 0.15) is 36.2 Å². The van der Waals surface area contributed by atoms with E-state index in [0.29, 0.717) is 6.04 Å². The maximum atomic E-state index is 6.03. The third-order valence-electron chi connectivity index (χ3n) is 3.13. The molecule has 1 aromatic carbocycles. The van der Waals surface area contributed by atoms with E-state index in [1.54, 1.807) is 0 Å². The first kappa shape index (κ1) is 13.1. The van der Waals surface area contributed by atoms with Crippen LogP contribution in [0.4, 0.5) is 0 Å². The van der Waals surface area contributed by atoms with Crippen LogP contribution in [0.2, 0.25) is 5.02 Å². The molecule has 2 N–H and O–H groups in total. The Morgan fingerprint density at radius 2 is 2.28 bits per heavy atom. The van der Waals surface area contributed by atoms with Crippen molar-refractivity contribution >= 4 is 11.6 Å². The average molecular weight is 264 g/mol. The Morgan fingerprint density at radius 3 is 2.89 bits per heavy atom. The molecule has 1 unspecified atom stereocenters. The second-order valence-electron chi connectivity index (χ2n) is 4.42. The maximum Gasteiger partial charge on any atom is 0.0535 e. The normalized spacial score (nSPS) is 12.6. The number of H-pyrrole nitrogens is 1. The monoisotopic (exact) mass is 263 g/mol. The molecule has 0 saturated heterocycles. The average Bonchev–Trinajstić information content (AvgIpc) is 2.76. The van der Waals surface area contributed by atoms with Crippen molar-refractivity contribution < 1.29 is 0 Å². The Hall–Kier alpha value is -1.32. The number of nitrogens with one attached hydrogen (secondary N) is 2. The Labute approximate surface area is 113 Å². The van der Waals surface area contributed by atoms with Crippen LogP contribution in [-0.4, -0.2) is 10.2 Å². The fraction of sp³-hybridized carbons (Fsp3) is 0.357. The molecular weight excluding hydrogens is 246 g/mol. The number of aryl methyl sites for hydroxylation is 1. The molecule has 18 heavy (non-hydrogen) atoms. The number of halogens is 1. The van der Waals surface area contributed by atoms with Gasteiger partial charge in [0.1, 0.15) is 0 Å². The van der Waals surface area contributed by atoms with Crippen molar-refractivity contribution in [3.8, 4) is 0 Å². The lowest BCUT2D eigenvalue weighted by molar-refractivity contribution is 0.518. The predicted molar refractivity (Wildman–Crippen MR) is 74.6 cm³/mol. The van der Waals surface area contributed by atoms with Crippen LogP contribution in [0, 0.1) is 6.92 Å². The van der Waals surface area contributed by atoms with Gasteiger partial charge in [-0.25, -0.2) is 0 Å². The van der Waals surface area contributed by atoms with Crippen molar-refractivity contribution in [2.75, 3.05) is 0 Å². The smallest absolute Gasteiger partial charge is 0.0535 e. The second-order valence-corrected chi connectivity index (χ2v) is 4.85. The van der Waals surface area contributed by atoms with Crippen molar-refractivity contribution in [1.82, 2.24) is 15.5 Å². The van der Waals surface area contributed by atoms with Crippen molar-refractivity contribution in [3.05, 3.63) is 52.3 Å². The number of nitrogens with zero attached hydrogens (tertiary/aromatic N) is 1. The van der Waals surface area contributed by atoms with Crippen molar-refractivity contribution in [1.29, 1.82) is 0 Å². The molecule has 96 valence electrons. The number of aromatic amines is 1. The maximum absolute atomic E-state index is 6.03. The summed E-state index contributed by atoms with van der Waals surface area (Å²) in [5, 5.41) is 11.3. The molecule has 2 aromatic rings. The molecule has 3 nitrogen and oxygen atoms in total. The zero-order valence-corrected chi connectivity index (χ0v) is 11.5. The number of hydrogen-bond donors (Lipinski definition) is 2. The molecule has 0 fully saturated rings. The van der Waals surface area contributed by atoms with E-state index in [4.69, 9.17) is 11.6 Å². The lowest BCUT2D eigenvalue weighted by Gasteiger charge is -2.17. The number of aromatic nitrogens is 2. The summed E-state index contributed by atoms with van der Waals surface area (Å²) in [7, 11) is 0. The fourth-order valence-electron chi connectivity index (χ4n) is 2.01. The Bertz CT molecular complexity index is 507. The summed E-state index contributed by atoms with van der Waals surface area (Å²) in [4.78, 5) is 0. The predicted octanol–water partition coefficient (Wildman–Crippen LogP) is 3.61. The topological polar surface area (TPSA) is 40.7 Å². The van der Waals surface area contributed by atoms with Gasteiger partial charge in [0.05, 0.1) is 6.20 Å². The summed E-state index contributed by atoms with van der Waals surface area (Å²) in [6, 6.07) is 8.33. The molecule has 1 atom stereocenters. The zero-order chi connectivity index (χ0) is 13.0. The van der Waals surface area contributed by atoms with Gasteiger partial charge in [0, 0.05) is 28.9 Å². The fourth-order valence-corrected chi connectivity index (χ4v) is 2.21. The van der Waals surface area contributed by atoms with Gasteiger partial charge in [0.15, 0.2) is 0 Å². The van der Waals surface area contributed by atoms with Crippen molar-refractivity contribution in [3.63, 3.8) is 0 Å². The van der Waals surface area contributed by atoms with Crippen molar-refractivity contribution in [2.45, 2.75) is 32.9 Å². The summed E-state index contributed by atoms with van der Waals surface area (Å²) in [6.07, 6.45) is 2.89. The lowest BCUT2D eigenvalue weighted by atomic mass is 10.0. The molecule has 0 saturated carbocycles. The van der Waals surface area contributed by atoms with E-state index in [9.17, 15) is 0 Å². The van der Waals surface area contributed by atoms with Gasteiger partial charge in [-0.15, -0.1) is 0 Å². The van der Waals surface area contributed by atoms with Gasteiger partial charge in [-0.3, -0.25) is 5.10 Å². The van der Waals surface area contributed by atoms with Crippen LogP contribution >= 0.6 is 11.6 Å². The Balaban J connectivity index is 2.04. The van der Waals surface area contributed by atoms with Gasteiger partial charge in [-0.1, -0.05) is 30.7 Å². The van der Waals surface area contributed by atoms with E-state index in [-0.39, 0.29) is 0 Å². The molecule has 0 aliphatic heterocycles. The third-order valence-corrected chi connectivity index (χ3v) is 3.37. The minimum atomic E-state index is 0.318. The minimum Gasteiger partial charge on any atom is -0.306 e. The summed E-state index contributed by atoms with van der Waals surface area (Å²) >= 11 is 6.03. The summed E-state index contributed by atoms with van der Waals surface area (Å²) in [5.74, 6) is 0. The van der Waals surface area contributed by atoms with Crippen LogP contribution < -0.4 is 5.32 Å². The van der Waals surface area contributed by atoms with Gasteiger partial charge in [0.2, 0.25) is 0 Å². The van der Waals surface area contributed by atoms with Gasteiger partial charge >= 0.3 is 0 Å². The van der Waals surface area contributed by atoms with Gasteiger partial charge < -0.3 is 5.32 Å². The van der Waals surface area contributed by atoms with E-state index < -0.39 is 0 Å². The minimum absolute atomic E-state index is 0.318. The van der Waals surface area contributed by atoms with E-state index in [0.717, 1.165) is 23.7 Å². The quantitative estimate of drug-likeness (QED) is 0.865. The lowest BCUT2D eigenvalue weighted by Crippen LogP contribution is -2.20. The highest BCUT2D eigenvalue weighted by atomic mass is 35.5. The van der Waals surface area contributed by atoms with E-state index in [1.165, 1.54) is 11.1 Å². The van der Waals surface area contributed by atoms with Crippen LogP contribution in [-0.2, 0) is 6.54 Å². The zero-order valence-electron chi connectivity index (χ0n) is 10.7. The van der Waals surface area contributed by atoms with Gasteiger partial charge in [-0.05, 0) is 31.0 Å². The SMILES string of the molecule is CCC(NCc1cn[nH]c1C)c1cccc(Cl)c1. The Morgan fingerprint density at radius 1 is 1.44 bits per heavy atom.